The van der Waals surface area contributed by atoms with Crippen LogP contribution in [0, 0.1) is 13.8 Å². The van der Waals surface area contributed by atoms with E-state index in [9.17, 15) is 4.79 Å². The molecule has 0 radical (unpaired) electrons. The van der Waals surface area contributed by atoms with Crippen LogP contribution in [0.2, 0.25) is 0 Å². The second-order valence-corrected chi connectivity index (χ2v) is 6.92. The molecule has 1 aliphatic rings. The number of carbonyl (C=O) groups excluding carboxylic acids is 1. The second-order valence-electron chi connectivity index (χ2n) is 6.92. The van der Waals surface area contributed by atoms with Gasteiger partial charge in [0.15, 0.2) is 0 Å². The molecule has 0 saturated carbocycles. The van der Waals surface area contributed by atoms with Gasteiger partial charge in [0.05, 0.1) is 18.8 Å². The molecule has 0 bridgehead atoms. The van der Waals surface area contributed by atoms with E-state index in [1.807, 2.05) is 4.90 Å². The molecule has 0 unspecified atom stereocenters. The van der Waals surface area contributed by atoms with Gasteiger partial charge < -0.3 is 19.8 Å². The first-order valence-corrected chi connectivity index (χ1v) is 9.16. The fraction of sp³-hybridized carbons (Fsp3) is 0.550. The van der Waals surface area contributed by atoms with Gasteiger partial charge in [-0.25, -0.2) is 0 Å². The number of nitrogens with two attached hydrogens (primary N) is 1. The molecule has 1 amide bonds. The zero-order valence-electron chi connectivity index (χ0n) is 15.6. The van der Waals surface area contributed by atoms with Crippen molar-refractivity contribution in [1.82, 2.24) is 4.90 Å². The smallest absolute Gasteiger partial charge is 0.227 e. The number of hydrogen-bond donors (Lipinski definition) is 1. The van der Waals surface area contributed by atoms with Crippen LogP contribution in [-0.2, 0) is 16.0 Å². The number of nitrogens with zero attached hydrogens (tertiary/aromatic N) is 1. The van der Waals surface area contributed by atoms with Gasteiger partial charge in [-0.05, 0) is 50.8 Å². The number of rotatable bonds is 6. The third-order valence-electron chi connectivity index (χ3n) is 5.18. The number of furan rings is 1. The van der Waals surface area contributed by atoms with Crippen LogP contribution in [0.3, 0.4) is 0 Å². The van der Waals surface area contributed by atoms with Gasteiger partial charge in [0.2, 0.25) is 5.91 Å². The predicted octanol–water partition coefficient (Wildman–Crippen LogP) is 3.37. The molecule has 3 rings (SSSR count). The average Bonchev–Trinajstić information content (AvgIpc) is 3.02. The maximum atomic E-state index is 12.7. The minimum absolute atomic E-state index is 0. The summed E-state index contributed by atoms with van der Waals surface area (Å²) in [6.45, 7) is 7.04. The summed E-state index contributed by atoms with van der Waals surface area (Å²) < 4.78 is 11.5. The molecule has 1 aromatic heterocycles. The van der Waals surface area contributed by atoms with Gasteiger partial charge >= 0.3 is 0 Å². The maximum Gasteiger partial charge on any atom is 0.227 e. The molecule has 0 aliphatic carbocycles. The van der Waals surface area contributed by atoms with Gasteiger partial charge in [-0.1, -0.05) is 12.1 Å². The van der Waals surface area contributed by atoms with Crippen LogP contribution >= 0.6 is 12.4 Å². The summed E-state index contributed by atoms with van der Waals surface area (Å²) in [7, 11) is 0. The van der Waals surface area contributed by atoms with Gasteiger partial charge in [-0.15, -0.1) is 12.4 Å². The van der Waals surface area contributed by atoms with E-state index in [1.165, 1.54) is 5.56 Å². The topological polar surface area (TPSA) is 68.7 Å². The highest BCUT2D eigenvalue weighted by Gasteiger charge is 2.24. The fourth-order valence-electron chi connectivity index (χ4n) is 3.41. The van der Waals surface area contributed by atoms with Crippen molar-refractivity contribution in [3.8, 4) is 0 Å². The average molecular weight is 381 g/mol. The largest absolute Gasteiger partial charge is 0.464 e. The van der Waals surface area contributed by atoms with Crippen molar-refractivity contribution in [3.63, 3.8) is 0 Å². The molecule has 26 heavy (non-hydrogen) atoms. The normalized spacial score (nSPS) is 15.3. The monoisotopic (exact) mass is 380 g/mol. The Kier molecular flexibility index (Phi) is 7.50. The minimum Gasteiger partial charge on any atom is -0.464 e. The van der Waals surface area contributed by atoms with Crippen LogP contribution in [0.4, 0.5) is 0 Å². The van der Waals surface area contributed by atoms with E-state index in [0.717, 1.165) is 61.1 Å². The number of halogens is 1. The van der Waals surface area contributed by atoms with Crippen molar-refractivity contribution in [3.05, 3.63) is 35.1 Å². The number of fused-ring (bicyclic) bond motifs is 1. The molecule has 0 atom stereocenters. The molecule has 1 aliphatic heterocycles. The van der Waals surface area contributed by atoms with E-state index in [2.05, 4.69) is 26.0 Å². The third-order valence-corrected chi connectivity index (χ3v) is 5.18. The van der Waals surface area contributed by atoms with Crippen molar-refractivity contribution >= 4 is 29.3 Å². The zero-order valence-corrected chi connectivity index (χ0v) is 16.4. The molecule has 1 fully saturated rings. The first-order chi connectivity index (χ1) is 12.1. The van der Waals surface area contributed by atoms with E-state index in [1.54, 1.807) is 6.26 Å². The Balaban J connectivity index is 0.00000243. The first-order valence-electron chi connectivity index (χ1n) is 9.16. The molecule has 2 N–H and O–H groups in total. The van der Waals surface area contributed by atoms with Crippen LogP contribution in [0.5, 0.6) is 0 Å². The number of amides is 1. The van der Waals surface area contributed by atoms with Crippen molar-refractivity contribution in [2.24, 2.45) is 5.73 Å². The van der Waals surface area contributed by atoms with Crippen LogP contribution in [0.15, 0.2) is 22.8 Å². The molecule has 2 heterocycles. The van der Waals surface area contributed by atoms with Gasteiger partial charge in [-0.2, -0.15) is 0 Å². The number of ether oxygens (including phenoxy) is 1. The lowest BCUT2D eigenvalue weighted by molar-refractivity contribution is -0.133. The lowest BCUT2D eigenvalue weighted by Gasteiger charge is -2.32. The Morgan fingerprint density at radius 3 is 2.73 bits per heavy atom. The molecule has 0 spiro atoms. The fourth-order valence-corrected chi connectivity index (χ4v) is 3.41. The SMILES string of the molecule is Cc1ccc2c(CC(=O)N3CCC(OCCCN)CC3)coc2c1C.Cl. The van der Waals surface area contributed by atoms with E-state index in [4.69, 9.17) is 14.9 Å². The van der Waals surface area contributed by atoms with Crippen LogP contribution in [0.25, 0.3) is 11.0 Å². The predicted molar refractivity (Wildman–Crippen MR) is 106 cm³/mol. The van der Waals surface area contributed by atoms with Crippen LogP contribution < -0.4 is 5.73 Å². The Hall–Kier alpha value is -1.56. The molecule has 1 aromatic carbocycles. The molecule has 1 saturated heterocycles. The zero-order chi connectivity index (χ0) is 17.8. The Labute approximate surface area is 161 Å². The highest BCUT2D eigenvalue weighted by atomic mass is 35.5. The Morgan fingerprint density at radius 2 is 2.04 bits per heavy atom. The summed E-state index contributed by atoms with van der Waals surface area (Å²) in [4.78, 5) is 14.6. The number of likely N-dealkylation sites (tertiary alicyclic amines) is 1. The standard InChI is InChI=1S/C20H28N2O3.ClH/c1-14-4-5-18-16(13-25-20(18)15(14)2)12-19(23)22-9-6-17(7-10-22)24-11-3-8-21;/h4-5,13,17H,3,6-12,21H2,1-2H3;1H. The Morgan fingerprint density at radius 1 is 1.31 bits per heavy atom. The summed E-state index contributed by atoms with van der Waals surface area (Å²) in [6, 6.07) is 4.15. The quantitative estimate of drug-likeness (QED) is 0.780. The maximum absolute atomic E-state index is 12.7. The number of benzene rings is 1. The van der Waals surface area contributed by atoms with Crippen LogP contribution in [0.1, 0.15) is 36.0 Å². The summed E-state index contributed by atoms with van der Waals surface area (Å²) in [6.07, 6.45) is 5.09. The van der Waals surface area contributed by atoms with Crippen molar-refractivity contribution < 1.29 is 13.9 Å². The molecule has 6 heteroatoms. The number of carbonyl (C=O) groups is 1. The Bertz CT molecular complexity index is 736. The van der Waals surface area contributed by atoms with E-state index in [-0.39, 0.29) is 24.4 Å². The van der Waals surface area contributed by atoms with Gasteiger partial charge in [0, 0.05) is 30.6 Å². The third kappa shape index (κ3) is 4.58. The van der Waals surface area contributed by atoms with E-state index >= 15 is 0 Å². The van der Waals surface area contributed by atoms with Crippen molar-refractivity contribution in [2.75, 3.05) is 26.2 Å². The molecule has 144 valence electrons. The molecule has 5 nitrogen and oxygen atoms in total. The second kappa shape index (κ2) is 9.40. The number of piperidine rings is 1. The molecule has 2 aromatic rings. The summed E-state index contributed by atoms with van der Waals surface area (Å²) in [5.74, 6) is 0.168. The lowest BCUT2D eigenvalue weighted by Crippen LogP contribution is -2.41. The lowest BCUT2D eigenvalue weighted by atomic mass is 10.0. The minimum atomic E-state index is 0. The highest BCUT2D eigenvalue weighted by Crippen LogP contribution is 2.27. The summed E-state index contributed by atoms with van der Waals surface area (Å²) >= 11 is 0. The number of hydrogen-bond acceptors (Lipinski definition) is 4. The summed E-state index contributed by atoms with van der Waals surface area (Å²) in [5.41, 5.74) is 9.71. The van der Waals surface area contributed by atoms with E-state index < -0.39 is 0 Å². The van der Waals surface area contributed by atoms with Gasteiger partial charge in [0.1, 0.15) is 5.58 Å². The van der Waals surface area contributed by atoms with E-state index in [0.29, 0.717) is 13.0 Å². The van der Waals surface area contributed by atoms with Gasteiger partial charge in [0.25, 0.3) is 0 Å². The van der Waals surface area contributed by atoms with Crippen LogP contribution in [-0.4, -0.2) is 43.2 Å². The van der Waals surface area contributed by atoms with Gasteiger partial charge in [-0.3, -0.25) is 4.79 Å². The molecular formula is C20H29ClN2O3. The van der Waals surface area contributed by atoms with Crippen molar-refractivity contribution in [1.29, 1.82) is 0 Å². The first kappa shape index (κ1) is 20.7. The van der Waals surface area contributed by atoms with Crippen molar-refractivity contribution in [2.45, 2.75) is 45.6 Å². The number of aryl methyl sites for hydroxylation is 2. The molecular weight excluding hydrogens is 352 g/mol. The highest BCUT2D eigenvalue weighted by molar-refractivity contribution is 5.89. The summed E-state index contributed by atoms with van der Waals surface area (Å²) in [5, 5.41) is 1.05.